The van der Waals surface area contributed by atoms with Crippen LogP contribution in [0.4, 0.5) is 0 Å². The van der Waals surface area contributed by atoms with Gasteiger partial charge in [-0.25, -0.2) is 0 Å². The Morgan fingerprint density at radius 2 is 1.86 bits per heavy atom. The van der Waals surface area contributed by atoms with Crippen molar-refractivity contribution in [3.63, 3.8) is 0 Å². The van der Waals surface area contributed by atoms with Gasteiger partial charge in [0.05, 0.1) is 19.8 Å². The van der Waals surface area contributed by atoms with Crippen molar-refractivity contribution in [2.75, 3.05) is 67.3 Å². The topological polar surface area (TPSA) is 67.4 Å². The molecule has 1 aromatic rings. The number of ether oxygens (including phenoxy) is 3. The Balaban J connectivity index is 2.28. The Morgan fingerprint density at radius 1 is 1.07 bits per heavy atom. The van der Waals surface area contributed by atoms with Crippen molar-refractivity contribution >= 4 is 5.96 Å². The summed E-state index contributed by atoms with van der Waals surface area (Å²) in [7, 11) is 5.65. The van der Waals surface area contributed by atoms with Crippen LogP contribution in [-0.4, -0.2) is 78.1 Å². The number of hydrogen-bond acceptors (Lipinski definition) is 5. The molecule has 0 bridgehead atoms. The Hall–Kier alpha value is -1.67. The lowest BCUT2D eigenvalue weighted by Gasteiger charge is -2.18. The summed E-state index contributed by atoms with van der Waals surface area (Å²) in [4.78, 5) is 6.58. The highest BCUT2D eigenvalue weighted by atomic mass is 16.5. The molecule has 7 nitrogen and oxygen atoms in total. The Labute approximate surface area is 170 Å². The van der Waals surface area contributed by atoms with Crippen LogP contribution >= 0.6 is 0 Å². The summed E-state index contributed by atoms with van der Waals surface area (Å²) in [6, 6.07) is 8.40. The number of nitrogens with one attached hydrogen (secondary N) is 2. The molecule has 1 aromatic carbocycles. The smallest absolute Gasteiger partial charge is 0.191 e. The Kier molecular flexibility index (Phi) is 14.2. The first-order valence-electron chi connectivity index (χ1n) is 10.0. The van der Waals surface area contributed by atoms with Gasteiger partial charge in [-0.15, -0.1) is 0 Å². The number of rotatable bonds is 15. The van der Waals surface area contributed by atoms with Crippen molar-refractivity contribution in [1.29, 1.82) is 0 Å². The maximum atomic E-state index is 5.64. The van der Waals surface area contributed by atoms with E-state index in [1.807, 2.05) is 6.92 Å². The van der Waals surface area contributed by atoms with Crippen molar-refractivity contribution in [3.8, 4) is 0 Å². The summed E-state index contributed by atoms with van der Waals surface area (Å²) < 4.78 is 16.0. The predicted octanol–water partition coefficient (Wildman–Crippen LogP) is 1.87. The lowest BCUT2D eigenvalue weighted by atomic mass is 10.1. The minimum atomic E-state index is 0.600. The fourth-order valence-electron chi connectivity index (χ4n) is 2.64. The number of methoxy groups -OCH3 is 1. The zero-order valence-electron chi connectivity index (χ0n) is 18.0. The number of likely N-dealkylation sites (N-methyl/N-ethyl adjacent to an activating group) is 1. The maximum Gasteiger partial charge on any atom is 0.191 e. The van der Waals surface area contributed by atoms with Gasteiger partial charge in [0.15, 0.2) is 5.96 Å². The van der Waals surface area contributed by atoms with E-state index in [1.165, 1.54) is 5.56 Å². The molecule has 0 amide bonds. The second-order valence-electron chi connectivity index (χ2n) is 6.57. The van der Waals surface area contributed by atoms with Crippen LogP contribution < -0.4 is 10.6 Å². The number of aliphatic imine (C=N–C) groups is 1. The molecule has 28 heavy (non-hydrogen) atoms. The summed E-state index contributed by atoms with van der Waals surface area (Å²) >= 11 is 0. The van der Waals surface area contributed by atoms with E-state index in [0.717, 1.165) is 57.3 Å². The largest absolute Gasteiger partial charge is 0.385 e. The first-order chi connectivity index (χ1) is 13.7. The minimum Gasteiger partial charge on any atom is -0.385 e. The van der Waals surface area contributed by atoms with E-state index in [9.17, 15) is 0 Å². The summed E-state index contributed by atoms with van der Waals surface area (Å²) in [5, 5.41) is 6.72. The molecule has 0 heterocycles. The van der Waals surface area contributed by atoms with E-state index in [0.29, 0.717) is 19.8 Å². The van der Waals surface area contributed by atoms with Gasteiger partial charge in [0.2, 0.25) is 0 Å². The maximum absolute atomic E-state index is 5.64. The number of guanidine groups is 1. The molecule has 0 spiro atoms. The molecule has 0 unspecified atom stereocenters. The van der Waals surface area contributed by atoms with Crippen LogP contribution in [0.2, 0.25) is 0 Å². The van der Waals surface area contributed by atoms with E-state index in [2.05, 4.69) is 51.8 Å². The average molecular weight is 395 g/mol. The first kappa shape index (κ1) is 24.4. The summed E-state index contributed by atoms with van der Waals surface area (Å²) in [5.74, 6) is 0.809. The molecule has 0 saturated heterocycles. The predicted molar refractivity (Wildman–Crippen MR) is 115 cm³/mol. The molecule has 0 atom stereocenters. The number of hydrogen-bond donors (Lipinski definition) is 2. The van der Waals surface area contributed by atoms with E-state index >= 15 is 0 Å². The molecule has 0 aliphatic heterocycles. The van der Waals surface area contributed by atoms with E-state index in [4.69, 9.17) is 14.2 Å². The van der Waals surface area contributed by atoms with Crippen LogP contribution in [0.5, 0.6) is 0 Å². The minimum absolute atomic E-state index is 0.600. The SMILES string of the molecule is CCOCCOCc1cccc(CNC(=NC)NCCN(C)CCCOC)c1. The lowest BCUT2D eigenvalue weighted by molar-refractivity contribution is 0.0453. The molecule has 0 radical (unpaired) electrons. The van der Waals surface area contributed by atoms with Crippen LogP contribution in [0.3, 0.4) is 0 Å². The van der Waals surface area contributed by atoms with Crippen molar-refractivity contribution in [2.45, 2.75) is 26.5 Å². The monoisotopic (exact) mass is 394 g/mol. The van der Waals surface area contributed by atoms with Crippen LogP contribution in [0.1, 0.15) is 24.5 Å². The molecule has 0 aliphatic carbocycles. The van der Waals surface area contributed by atoms with Crippen molar-refractivity contribution in [3.05, 3.63) is 35.4 Å². The zero-order chi connectivity index (χ0) is 20.5. The van der Waals surface area contributed by atoms with E-state index in [-0.39, 0.29) is 0 Å². The highest BCUT2D eigenvalue weighted by Crippen LogP contribution is 2.06. The van der Waals surface area contributed by atoms with Crippen molar-refractivity contribution in [1.82, 2.24) is 15.5 Å². The van der Waals surface area contributed by atoms with Gasteiger partial charge in [0, 0.05) is 53.6 Å². The third kappa shape index (κ3) is 11.9. The van der Waals surface area contributed by atoms with Crippen LogP contribution in [0, 0.1) is 0 Å². The van der Waals surface area contributed by atoms with Gasteiger partial charge in [-0.3, -0.25) is 4.99 Å². The Bertz CT molecular complexity index is 540. The Morgan fingerprint density at radius 3 is 2.61 bits per heavy atom. The quantitative estimate of drug-likeness (QED) is 0.269. The van der Waals surface area contributed by atoms with Crippen LogP contribution in [-0.2, 0) is 27.4 Å². The van der Waals surface area contributed by atoms with Gasteiger partial charge in [0.25, 0.3) is 0 Å². The molecule has 0 fully saturated rings. The standard InChI is InChI=1S/C21H38N4O3/c1-5-27-14-15-28-18-20-9-6-8-19(16-20)17-24-21(22-2)23-10-12-25(3)11-7-13-26-4/h6,8-9,16H,5,7,10-15,17-18H2,1-4H3,(H2,22,23,24). The van der Waals surface area contributed by atoms with Crippen molar-refractivity contribution in [2.24, 2.45) is 4.99 Å². The molecule has 0 aliphatic rings. The molecule has 0 aromatic heterocycles. The summed E-state index contributed by atoms with van der Waals surface area (Å²) in [6.45, 7) is 8.92. The first-order valence-corrected chi connectivity index (χ1v) is 10.0. The highest BCUT2D eigenvalue weighted by Gasteiger charge is 2.02. The van der Waals surface area contributed by atoms with Gasteiger partial charge in [-0.1, -0.05) is 24.3 Å². The summed E-state index contributed by atoms with van der Waals surface area (Å²) in [6.07, 6.45) is 1.05. The molecule has 2 N–H and O–H groups in total. The number of benzene rings is 1. The van der Waals surface area contributed by atoms with Crippen LogP contribution in [0.25, 0.3) is 0 Å². The fourth-order valence-corrected chi connectivity index (χ4v) is 2.64. The van der Waals surface area contributed by atoms with E-state index in [1.54, 1.807) is 14.2 Å². The average Bonchev–Trinajstić information content (AvgIpc) is 2.71. The van der Waals surface area contributed by atoms with Gasteiger partial charge < -0.3 is 29.7 Å². The van der Waals surface area contributed by atoms with Gasteiger partial charge in [-0.2, -0.15) is 0 Å². The van der Waals surface area contributed by atoms with Gasteiger partial charge in [0.1, 0.15) is 0 Å². The molecule has 0 saturated carbocycles. The third-order valence-corrected chi connectivity index (χ3v) is 4.19. The highest BCUT2D eigenvalue weighted by molar-refractivity contribution is 5.79. The van der Waals surface area contributed by atoms with Crippen LogP contribution in [0.15, 0.2) is 29.3 Å². The second kappa shape index (κ2) is 16.3. The normalized spacial score (nSPS) is 11.8. The molecular weight excluding hydrogens is 356 g/mol. The second-order valence-corrected chi connectivity index (χ2v) is 6.57. The molecule has 160 valence electrons. The van der Waals surface area contributed by atoms with Gasteiger partial charge in [-0.05, 0) is 31.5 Å². The number of nitrogens with zero attached hydrogens (tertiary/aromatic N) is 2. The van der Waals surface area contributed by atoms with Crippen molar-refractivity contribution < 1.29 is 14.2 Å². The molecule has 1 rings (SSSR count). The summed E-state index contributed by atoms with van der Waals surface area (Å²) in [5.41, 5.74) is 2.36. The zero-order valence-corrected chi connectivity index (χ0v) is 18.0. The van der Waals surface area contributed by atoms with Gasteiger partial charge >= 0.3 is 0 Å². The molecular formula is C21H38N4O3. The lowest BCUT2D eigenvalue weighted by Crippen LogP contribution is -2.40. The van der Waals surface area contributed by atoms with E-state index < -0.39 is 0 Å². The third-order valence-electron chi connectivity index (χ3n) is 4.19. The fraction of sp³-hybridized carbons (Fsp3) is 0.667. The molecule has 7 heteroatoms.